The van der Waals surface area contributed by atoms with Crippen LogP contribution < -0.4 is 14.1 Å². The molecular weight excluding hydrogens is 326 g/mol. The van der Waals surface area contributed by atoms with Crippen LogP contribution in [0.4, 0.5) is 5.69 Å². The van der Waals surface area contributed by atoms with Gasteiger partial charge in [-0.25, -0.2) is 0 Å². The van der Waals surface area contributed by atoms with E-state index in [4.69, 9.17) is 14.8 Å². The summed E-state index contributed by atoms with van der Waals surface area (Å²) in [6, 6.07) is 6.31. The molecule has 21 heavy (non-hydrogen) atoms. The Bertz CT molecular complexity index is 904. The zero-order chi connectivity index (χ0) is 15.8. The highest BCUT2D eigenvalue weighted by Crippen LogP contribution is 2.33. The van der Waals surface area contributed by atoms with Gasteiger partial charge in [0.05, 0.1) is 0 Å². The van der Waals surface area contributed by atoms with Gasteiger partial charge in [0.2, 0.25) is 0 Å². The molecule has 11 heteroatoms. The summed E-state index contributed by atoms with van der Waals surface area (Å²) in [7, 11) is -9.65. The molecule has 0 aromatic heterocycles. The molecule has 2 aromatic carbocycles. The third-order valence-electron chi connectivity index (χ3n) is 2.31. The van der Waals surface area contributed by atoms with Gasteiger partial charge in [0.25, 0.3) is 0 Å². The number of fused-ring (bicyclic) bond motifs is 1. The molecule has 114 valence electrons. The highest BCUT2D eigenvalue weighted by molar-refractivity contribution is 7.81. The average Bonchev–Trinajstić information content (AvgIpc) is 2.23. The number of anilines is 1. The first-order valence-electron chi connectivity index (χ1n) is 5.20. The highest BCUT2D eigenvalue weighted by atomic mass is 32.3. The first kappa shape index (κ1) is 15.3. The van der Waals surface area contributed by atoms with Crippen molar-refractivity contribution in [1.82, 2.24) is 0 Å². The van der Waals surface area contributed by atoms with Crippen LogP contribution in [0, 0.1) is 0 Å². The molecule has 0 saturated heterocycles. The molecule has 0 atom stereocenters. The van der Waals surface area contributed by atoms with E-state index in [0.29, 0.717) is 5.69 Å². The SMILES string of the molecule is Nc1ccc2c(OS(=O)(=O)O)cc(OS(=O)(=O)O)cc2c1. The van der Waals surface area contributed by atoms with Crippen molar-refractivity contribution in [3.8, 4) is 11.5 Å². The number of hydrogen-bond acceptors (Lipinski definition) is 7. The van der Waals surface area contributed by atoms with Crippen LogP contribution in [0.15, 0.2) is 30.3 Å². The molecule has 4 N–H and O–H groups in total. The summed E-state index contributed by atoms with van der Waals surface area (Å²) >= 11 is 0. The fourth-order valence-corrected chi connectivity index (χ4v) is 2.38. The van der Waals surface area contributed by atoms with E-state index in [2.05, 4.69) is 8.37 Å². The van der Waals surface area contributed by atoms with E-state index < -0.39 is 32.3 Å². The van der Waals surface area contributed by atoms with Gasteiger partial charge in [0, 0.05) is 17.1 Å². The number of benzene rings is 2. The number of hydrogen-bond donors (Lipinski definition) is 3. The Labute approximate surface area is 119 Å². The van der Waals surface area contributed by atoms with Crippen molar-refractivity contribution in [3.05, 3.63) is 30.3 Å². The van der Waals surface area contributed by atoms with Gasteiger partial charge in [-0.1, -0.05) is 0 Å². The van der Waals surface area contributed by atoms with Crippen LogP contribution >= 0.6 is 0 Å². The van der Waals surface area contributed by atoms with E-state index in [1.165, 1.54) is 24.3 Å². The quantitative estimate of drug-likeness (QED) is 0.543. The van der Waals surface area contributed by atoms with Crippen molar-refractivity contribution >= 4 is 37.3 Å². The van der Waals surface area contributed by atoms with Crippen LogP contribution in [-0.2, 0) is 20.8 Å². The van der Waals surface area contributed by atoms with Gasteiger partial charge in [-0.15, -0.1) is 0 Å². The fraction of sp³-hybridized carbons (Fsp3) is 0. The van der Waals surface area contributed by atoms with Crippen molar-refractivity contribution < 1.29 is 34.3 Å². The summed E-state index contributed by atoms with van der Waals surface area (Å²) in [6.45, 7) is 0. The summed E-state index contributed by atoms with van der Waals surface area (Å²) < 4.78 is 69.0. The lowest BCUT2D eigenvalue weighted by Gasteiger charge is -2.09. The minimum absolute atomic E-state index is 0.226. The maximum atomic E-state index is 10.8. The predicted molar refractivity (Wildman–Crippen MR) is 72.7 cm³/mol. The lowest BCUT2D eigenvalue weighted by Crippen LogP contribution is -2.09. The van der Waals surface area contributed by atoms with E-state index in [-0.39, 0.29) is 10.8 Å². The molecule has 2 aromatic rings. The van der Waals surface area contributed by atoms with Gasteiger partial charge in [0.15, 0.2) is 5.75 Å². The van der Waals surface area contributed by atoms with Crippen LogP contribution in [0.25, 0.3) is 10.8 Å². The van der Waals surface area contributed by atoms with Crippen molar-refractivity contribution in [2.75, 3.05) is 5.73 Å². The van der Waals surface area contributed by atoms with Crippen LogP contribution in [0.1, 0.15) is 0 Å². The molecule has 0 fully saturated rings. The van der Waals surface area contributed by atoms with Crippen molar-refractivity contribution in [3.63, 3.8) is 0 Å². The lowest BCUT2D eigenvalue weighted by molar-refractivity contribution is 0.383. The lowest BCUT2D eigenvalue weighted by atomic mass is 10.1. The van der Waals surface area contributed by atoms with Gasteiger partial charge in [-0.05, 0) is 29.7 Å². The molecule has 0 aliphatic rings. The Balaban J connectivity index is 2.68. The van der Waals surface area contributed by atoms with E-state index in [1.54, 1.807) is 0 Å². The van der Waals surface area contributed by atoms with Crippen LogP contribution in [-0.4, -0.2) is 25.9 Å². The topological polar surface area (TPSA) is 153 Å². The summed E-state index contributed by atoms with van der Waals surface area (Å²) in [5, 5.41) is 0.499. The predicted octanol–water partition coefficient (Wildman–Crippen LogP) is 0.785. The molecule has 9 nitrogen and oxygen atoms in total. The van der Waals surface area contributed by atoms with Crippen LogP contribution in [0.5, 0.6) is 11.5 Å². The Morgan fingerprint density at radius 3 is 2.10 bits per heavy atom. The second-order valence-corrected chi connectivity index (χ2v) is 5.97. The Kier molecular flexibility index (Phi) is 3.67. The summed E-state index contributed by atoms with van der Waals surface area (Å²) in [5.41, 5.74) is 5.87. The molecular formula is C10H9NO8S2. The summed E-state index contributed by atoms with van der Waals surface area (Å²) in [5.74, 6) is -0.817. The largest absolute Gasteiger partial charge is 0.446 e. The molecule has 0 saturated carbocycles. The first-order chi connectivity index (χ1) is 9.53. The minimum Gasteiger partial charge on any atom is -0.399 e. The smallest absolute Gasteiger partial charge is 0.399 e. The molecule has 0 radical (unpaired) electrons. The van der Waals surface area contributed by atoms with Crippen molar-refractivity contribution in [2.45, 2.75) is 0 Å². The molecule has 0 aliphatic carbocycles. The van der Waals surface area contributed by atoms with E-state index in [1.807, 2.05) is 0 Å². The number of nitrogen functional groups attached to an aromatic ring is 1. The maximum absolute atomic E-state index is 10.8. The number of nitrogens with two attached hydrogens (primary N) is 1. The second-order valence-electron chi connectivity index (χ2n) is 3.92. The van der Waals surface area contributed by atoms with Gasteiger partial charge in [-0.2, -0.15) is 16.8 Å². The fourth-order valence-electron chi connectivity index (χ4n) is 1.68. The van der Waals surface area contributed by atoms with Gasteiger partial charge < -0.3 is 14.1 Å². The Morgan fingerprint density at radius 2 is 1.52 bits per heavy atom. The minimum atomic E-state index is -4.84. The van der Waals surface area contributed by atoms with E-state index in [0.717, 1.165) is 6.07 Å². The Morgan fingerprint density at radius 1 is 0.905 bits per heavy atom. The van der Waals surface area contributed by atoms with Gasteiger partial charge in [-0.3, -0.25) is 9.11 Å². The van der Waals surface area contributed by atoms with Crippen LogP contribution in [0.2, 0.25) is 0 Å². The standard InChI is InChI=1S/C10H9NO8S2/c11-7-1-2-9-6(3-7)4-8(18-20(12,13)14)5-10(9)19-21(15,16)17/h1-5H,11H2,(H,12,13,14)(H,15,16,17). The van der Waals surface area contributed by atoms with Crippen molar-refractivity contribution in [2.24, 2.45) is 0 Å². The van der Waals surface area contributed by atoms with Crippen LogP contribution in [0.3, 0.4) is 0 Å². The highest BCUT2D eigenvalue weighted by Gasteiger charge is 2.15. The second kappa shape index (κ2) is 5.04. The zero-order valence-corrected chi connectivity index (χ0v) is 11.8. The third-order valence-corrected chi connectivity index (χ3v) is 3.10. The maximum Gasteiger partial charge on any atom is 0.446 e. The normalized spacial score (nSPS) is 12.3. The molecule has 0 unspecified atom stereocenters. The number of rotatable bonds is 4. The van der Waals surface area contributed by atoms with Crippen molar-refractivity contribution in [1.29, 1.82) is 0 Å². The van der Waals surface area contributed by atoms with Gasteiger partial charge >= 0.3 is 20.8 Å². The average molecular weight is 335 g/mol. The third kappa shape index (κ3) is 4.19. The zero-order valence-electron chi connectivity index (χ0n) is 10.1. The molecule has 0 heterocycles. The van der Waals surface area contributed by atoms with Gasteiger partial charge in [0.1, 0.15) is 5.75 Å². The monoisotopic (exact) mass is 335 g/mol. The Hall–Kier alpha value is -2.08. The summed E-state index contributed by atoms with van der Waals surface area (Å²) in [4.78, 5) is 0. The molecule has 0 spiro atoms. The molecule has 0 amide bonds. The van der Waals surface area contributed by atoms with E-state index in [9.17, 15) is 16.8 Å². The molecule has 2 rings (SSSR count). The molecule has 0 bridgehead atoms. The first-order valence-corrected chi connectivity index (χ1v) is 7.94. The molecule has 0 aliphatic heterocycles. The van der Waals surface area contributed by atoms with E-state index >= 15 is 0 Å². The summed E-state index contributed by atoms with van der Waals surface area (Å²) in [6.07, 6.45) is 0.